The first-order chi connectivity index (χ1) is 8.72. The molecule has 0 aliphatic rings. The zero-order valence-corrected chi connectivity index (χ0v) is 10.9. The summed E-state index contributed by atoms with van der Waals surface area (Å²) in [5.74, 6) is -0.269. The van der Waals surface area contributed by atoms with Crippen LogP contribution in [0, 0.1) is 5.82 Å². The molecule has 1 unspecified atom stereocenters. The number of furan rings is 1. The Morgan fingerprint density at radius 2 is 2.22 bits per heavy atom. The number of nitrogens with one attached hydrogen (secondary N) is 1. The van der Waals surface area contributed by atoms with Crippen LogP contribution in [0.3, 0.4) is 0 Å². The van der Waals surface area contributed by atoms with Crippen LogP contribution in [0.25, 0.3) is 0 Å². The standard InChI is InChI=1S/C14H15ClFNO/c1-2-6-17-14(10-5-7-18-9-10)12-8-11(15)3-4-13(12)16/h3-5,7-9,14,17H,2,6H2,1H3. The van der Waals surface area contributed by atoms with Crippen molar-refractivity contribution in [1.82, 2.24) is 5.32 Å². The highest BCUT2D eigenvalue weighted by molar-refractivity contribution is 6.30. The molecule has 2 rings (SSSR count). The Labute approximate surface area is 111 Å². The van der Waals surface area contributed by atoms with Crippen LogP contribution in [0.4, 0.5) is 4.39 Å². The Kier molecular flexibility index (Phi) is 4.39. The molecule has 1 aromatic carbocycles. The van der Waals surface area contributed by atoms with Crippen molar-refractivity contribution in [3.05, 3.63) is 58.8 Å². The Hall–Kier alpha value is -1.32. The number of benzene rings is 1. The molecule has 0 aliphatic carbocycles. The molecule has 0 aliphatic heterocycles. The third kappa shape index (κ3) is 2.92. The highest BCUT2D eigenvalue weighted by atomic mass is 35.5. The third-order valence-electron chi connectivity index (χ3n) is 2.74. The molecule has 2 aromatic rings. The van der Waals surface area contributed by atoms with E-state index in [1.54, 1.807) is 24.7 Å². The number of rotatable bonds is 5. The van der Waals surface area contributed by atoms with Gasteiger partial charge in [0.15, 0.2) is 0 Å². The molecular weight excluding hydrogens is 253 g/mol. The average molecular weight is 268 g/mol. The van der Waals surface area contributed by atoms with E-state index in [9.17, 15) is 4.39 Å². The molecule has 0 fully saturated rings. The van der Waals surface area contributed by atoms with Gasteiger partial charge in [0.1, 0.15) is 5.82 Å². The highest BCUT2D eigenvalue weighted by Gasteiger charge is 2.18. The summed E-state index contributed by atoms with van der Waals surface area (Å²) in [7, 11) is 0. The topological polar surface area (TPSA) is 25.2 Å². The van der Waals surface area contributed by atoms with Gasteiger partial charge < -0.3 is 9.73 Å². The lowest BCUT2D eigenvalue weighted by molar-refractivity contribution is 0.530. The first-order valence-corrected chi connectivity index (χ1v) is 6.30. The smallest absolute Gasteiger partial charge is 0.128 e. The summed E-state index contributed by atoms with van der Waals surface area (Å²) in [5.41, 5.74) is 1.43. The lowest BCUT2D eigenvalue weighted by Crippen LogP contribution is -2.23. The number of hydrogen-bond acceptors (Lipinski definition) is 2. The Balaban J connectivity index is 2.36. The Bertz CT molecular complexity index is 499. The predicted molar refractivity (Wildman–Crippen MR) is 70.3 cm³/mol. The fraction of sp³-hybridized carbons (Fsp3) is 0.286. The van der Waals surface area contributed by atoms with Gasteiger partial charge in [-0.3, -0.25) is 0 Å². The first-order valence-electron chi connectivity index (χ1n) is 5.92. The van der Waals surface area contributed by atoms with Crippen molar-refractivity contribution in [2.75, 3.05) is 6.54 Å². The third-order valence-corrected chi connectivity index (χ3v) is 2.98. The molecule has 1 heterocycles. The quantitative estimate of drug-likeness (QED) is 0.880. The fourth-order valence-electron chi connectivity index (χ4n) is 1.87. The first kappa shape index (κ1) is 13.1. The lowest BCUT2D eigenvalue weighted by Gasteiger charge is -2.18. The van der Waals surface area contributed by atoms with Crippen molar-refractivity contribution in [2.45, 2.75) is 19.4 Å². The van der Waals surface area contributed by atoms with Gasteiger partial charge in [0, 0.05) is 16.1 Å². The SMILES string of the molecule is CCCNC(c1ccoc1)c1cc(Cl)ccc1F. The monoisotopic (exact) mass is 267 g/mol. The second kappa shape index (κ2) is 6.03. The highest BCUT2D eigenvalue weighted by Crippen LogP contribution is 2.27. The summed E-state index contributed by atoms with van der Waals surface area (Å²) in [6.45, 7) is 2.86. The van der Waals surface area contributed by atoms with Gasteiger partial charge in [-0.15, -0.1) is 0 Å². The van der Waals surface area contributed by atoms with Gasteiger partial charge in [-0.1, -0.05) is 18.5 Å². The fourth-order valence-corrected chi connectivity index (χ4v) is 2.05. The minimum absolute atomic E-state index is 0.234. The molecule has 4 heteroatoms. The Morgan fingerprint density at radius 3 is 2.89 bits per heavy atom. The van der Waals surface area contributed by atoms with Crippen LogP contribution >= 0.6 is 11.6 Å². The predicted octanol–water partition coefficient (Wildman–Crippen LogP) is 4.16. The lowest BCUT2D eigenvalue weighted by atomic mass is 10.0. The van der Waals surface area contributed by atoms with Crippen molar-refractivity contribution in [2.24, 2.45) is 0 Å². The van der Waals surface area contributed by atoms with Gasteiger partial charge >= 0.3 is 0 Å². The normalized spacial score (nSPS) is 12.6. The van der Waals surface area contributed by atoms with Crippen LogP contribution in [0.2, 0.25) is 5.02 Å². The van der Waals surface area contributed by atoms with E-state index < -0.39 is 0 Å². The summed E-state index contributed by atoms with van der Waals surface area (Å²) in [4.78, 5) is 0. The van der Waals surface area contributed by atoms with Crippen LogP contribution in [-0.4, -0.2) is 6.54 Å². The van der Waals surface area contributed by atoms with Crippen molar-refractivity contribution < 1.29 is 8.81 Å². The zero-order valence-electron chi connectivity index (χ0n) is 10.1. The Morgan fingerprint density at radius 1 is 1.39 bits per heavy atom. The summed E-state index contributed by atoms with van der Waals surface area (Å²) in [5, 5.41) is 3.82. The minimum atomic E-state index is -0.269. The van der Waals surface area contributed by atoms with E-state index in [2.05, 4.69) is 12.2 Å². The molecule has 0 bridgehead atoms. The largest absolute Gasteiger partial charge is 0.472 e. The van der Waals surface area contributed by atoms with Gasteiger partial charge in [-0.25, -0.2) is 4.39 Å². The van der Waals surface area contributed by atoms with E-state index in [1.165, 1.54) is 6.07 Å². The van der Waals surface area contributed by atoms with Gasteiger partial charge in [-0.05, 0) is 37.2 Å². The maximum atomic E-state index is 13.9. The maximum Gasteiger partial charge on any atom is 0.128 e. The van der Waals surface area contributed by atoms with E-state index in [1.807, 2.05) is 6.07 Å². The summed E-state index contributed by atoms with van der Waals surface area (Å²) >= 11 is 5.94. The molecular formula is C14H15ClFNO. The van der Waals surface area contributed by atoms with E-state index in [0.29, 0.717) is 10.6 Å². The second-order valence-corrected chi connectivity index (χ2v) is 4.55. The molecule has 18 heavy (non-hydrogen) atoms. The van der Waals surface area contributed by atoms with Crippen LogP contribution in [0.1, 0.15) is 30.5 Å². The number of halogens is 2. The van der Waals surface area contributed by atoms with E-state index >= 15 is 0 Å². The van der Waals surface area contributed by atoms with Crippen molar-refractivity contribution >= 4 is 11.6 Å². The molecule has 2 nitrogen and oxygen atoms in total. The van der Waals surface area contributed by atoms with Gasteiger partial charge in [0.05, 0.1) is 18.6 Å². The van der Waals surface area contributed by atoms with E-state index in [4.69, 9.17) is 16.0 Å². The van der Waals surface area contributed by atoms with Crippen LogP contribution in [-0.2, 0) is 0 Å². The zero-order chi connectivity index (χ0) is 13.0. The summed E-state index contributed by atoms with van der Waals surface area (Å²) in [6, 6.07) is 6.18. The van der Waals surface area contributed by atoms with E-state index in [0.717, 1.165) is 18.5 Å². The second-order valence-electron chi connectivity index (χ2n) is 4.11. The van der Waals surface area contributed by atoms with Gasteiger partial charge in [-0.2, -0.15) is 0 Å². The molecule has 1 atom stereocenters. The summed E-state index contributed by atoms with van der Waals surface area (Å²) < 4.78 is 19.0. The molecule has 96 valence electrons. The molecule has 0 amide bonds. The van der Waals surface area contributed by atoms with Crippen molar-refractivity contribution in [3.8, 4) is 0 Å². The minimum Gasteiger partial charge on any atom is -0.472 e. The van der Waals surface area contributed by atoms with Crippen molar-refractivity contribution in [1.29, 1.82) is 0 Å². The van der Waals surface area contributed by atoms with Gasteiger partial charge in [0.25, 0.3) is 0 Å². The van der Waals surface area contributed by atoms with Crippen LogP contribution in [0.15, 0.2) is 41.2 Å². The van der Waals surface area contributed by atoms with E-state index in [-0.39, 0.29) is 11.9 Å². The van der Waals surface area contributed by atoms with Crippen molar-refractivity contribution in [3.63, 3.8) is 0 Å². The number of hydrogen-bond donors (Lipinski definition) is 1. The maximum absolute atomic E-state index is 13.9. The van der Waals surface area contributed by atoms with Crippen LogP contribution < -0.4 is 5.32 Å². The molecule has 0 saturated carbocycles. The summed E-state index contributed by atoms with van der Waals surface area (Å²) in [6.07, 6.45) is 4.17. The van der Waals surface area contributed by atoms with Crippen LogP contribution in [0.5, 0.6) is 0 Å². The van der Waals surface area contributed by atoms with Gasteiger partial charge in [0.2, 0.25) is 0 Å². The average Bonchev–Trinajstić information content (AvgIpc) is 2.88. The molecule has 1 aromatic heterocycles. The molecule has 0 radical (unpaired) electrons. The molecule has 0 saturated heterocycles. The molecule has 0 spiro atoms. The molecule has 1 N–H and O–H groups in total.